The maximum Gasteiger partial charge on any atom is 0.306 e. The quantitative estimate of drug-likeness (QED) is 0.0261. The smallest absolute Gasteiger partial charge is 0.306 e. The standard InChI is InChI=1S/C64H112O6/c1-4-7-10-13-16-19-21-23-25-27-28-29-30-31-32-33-34-35-36-38-39-41-43-45-48-51-54-57-63(66)69-60-61(59-68-62(65)56-53-50-47-18-15-12-9-6-3)70-64(67)58-55-52-49-46-44-42-40-37-26-24-22-20-17-14-11-8-5-2/h8,11,17,20-21,23-24,26-28,30-31,61H,4-7,9-10,12-16,18-19,22,25,29,32-60H2,1-3H3/b11-8-,20-17-,23-21-,26-24-,28-27-,31-30-. The maximum absolute atomic E-state index is 12.8. The predicted octanol–water partition coefficient (Wildman–Crippen LogP) is 20.2. The van der Waals surface area contributed by atoms with Gasteiger partial charge >= 0.3 is 17.9 Å². The molecule has 0 N–H and O–H groups in total. The first-order valence-corrected chi connectivity index (χ1v) is 29.9. The minimum Gasteiger partial charge on any atom is -0.462 e. The van der Waals surface area contributed by atoms with E-state index in [1.807, 2.05) is 0 Å². The molecule has 6 heteroatoms. The summed E-state index contributed by atoms with van der Waals surface area (Å²) in [6, 6.07) is 0. The van der Waals surface area contributed by atoms with E-state index in [1.165, 1.54) is 161 Å². The van der Waals surface area contributed by atoms with Gasteiger partial charge in [-0.25, -0.2) is 0 Å². The summed E-state index contributed by atoms with van der Waals surface area (Å²) in [5.41, 5.74) is 0. The number of ether oxygens (including phenoxy) is 3. The van der Waals surface area contributed by atoms with Gasteiger partial charge in [0.25, 0.3) is 0 Å². The van der Waals surface area contributed by atoms with E-state index in [1.54, 1.807) is 0 Å². The van der Waals surface area contributed by atoms with E-state index in [-0.39, 0.29) is 31.1 Å². The van der Waals surface area contributed by atoms with Crippen LogP contribution in [-0.2, 0) is 28.6 Å². The highest BCUT2D eigenvalue weighted by Crippen LogP contribution is 2.16. The highest BCUT2D eigenvalue weighted by molar-refractivity contribution is 5.71. The lowest BCUT2D eigenvalue weighted by atomic mass is 10.0. The second-order valence-corrected chi connectivity index (χ2v) is 19.9. The van der Waals surface area contributed by atoms with E-state index in [0.29, 0.717) is 19.3 Å². The Bertz CT molecular complexity index is 1310. The number of esters is 3. The molecule has 0 aliphatic heterocycles. The molecule has 0 aromatic carbocycles. The third kappa shape index (κ3) is 55.8. The van der Waals surface area contributed by atoms with Crippen LogP contribution < -0.4 is 0 Å². The van der Waals surface area contributed by atoms with Crippen molar-refractivity contribution in [2.24, 2.45) is 0 Å². The van der Waals surface area contributed by atoms with Gasteiger partial charge in [-0.15, -0.1) is 0 Å². The number of rotatable bonds is 54. The van der Waals surface area contributed by atoms with Gasteiger partial charge in [0.2, 0.25) is 0 Å². The molecule has 0 aliphatic carbocycles. The summed E-state index contributed by atoms with van der Waals surface area (Å²) in [4.78, 5) is 38.0. The molecule has 70 heavy (non-hydrogen) atoms. The van der Waals surface area contributed by atoms with Crippen molar-refractivity contribution in [2.75, 3.05) is 13.2 Å². The molecule has 1 atom stereocenters. The van der Waals surface area contributed by atoms with E-state index in [0.717, 1.165) is 96.3 Å². The number of unbranched alkanes of at least 4 members (excludes halogenated alkanes) is 31. The van der Waals surface area contributed by atoms with Crippen LogP contribution in [0.15, 0.2) is 72.9 Å². The molecular weight excluding hydrogens is 865 g/mol. The fourth-order valence-electron chi connectivity index (χ4n) is 8.47. The molecule has 0 radical (unpaired) electrons. The summed E-state index contributed by atoms with van der Waals surface area (Å²) in [6.45, 7) is 6.50. The zero-order valence-electron chi connectivity index (χ0n) is 46.3. The number of hydrogen-bond donors (Lipinski definition) is 0. The molecule has 1 unspecified atom stereocenters. The number of allylic oxidation sites excluding steroid dienone is 12. The Kier molecular flexibility index (Phi) is 55.8. The van der Waals surface area contributed by atoms with Gasteiger partial charge in [0, 0.05) is 19.3 Å². The molecule has 0 saturated carbocycles. The van der Waals surface area contributed by atoms with E-state index >= 15 is 0 Å². The molecule has 0 aliphatic rings. The molecule has 0 rings (SSSR count). The Morgan fingerprint density at radius 3 is 0.871 bits per heavy atom. The first kappa shape index (κ1) is 66.9. The van der Waals surface area contributed by atoms with Crippen LogP contribution >= 0.6 is 0 Å². The Labute approximate surface area is 433 Å². The van der Waals surface area contributed by atoms with Crippen LogP contribution in [0.4, 0.5) is 0 Å². The molecule has 0 bridgehead atoms. The molecule has 404 valence electrons. The third-order valence-corrected chi connectivity index (χ3v) is 12.9. The average molecular weight is 978 g/mol. The molecule has 0 aromatic heterocycles. The lowest BCUT2D eigenvalue weighted by molar-refractivity contribution is -0.167. The van der Waals surface area contributed by atoms with Crippen molar-refractivity contribution in [3.05, 3.63) is 72.9 Å². The molecule has 0 amide bonds. The lowest BCUT2D eigenvalue weighted by Crippen LogP contribution is -2.30. The average Bonchev–Trinajstić information content (AvgIpc) is 3.36. The van der Waals surface area contributed by atoms with Crippen LogP contribution in [0.1, 0.15) is 297 Å². The summed E-state index contributed by atoms with van der Waals surface area (Å²) >= 11 is 0. The molecule has 0 spiro atoms. The van der Waals surface area contributed by atoms with Gasteiger partial charge in [-0.3, -0.25) is 14.4 Å². The van der Waals surface area contributed by atoms with Crippen molar-refractivity contribution < 1.29 is 28.6 Å². The van der Waals surface area contributed by atoms with Gasteiger partial charge in [-0.2, -0.15) is 0 Å². The van der Waals surface area contributed by atoms with Crippen molar-refractivity contribution in [3.8, 4) is 0 Å². The van der Waals surface area contributed by atoms with Crippen LogP contribution in [0.5, 0.6) is 0 Å². The second kappa shape index (κ2) is 58.4. The minimum absolute atomic E-state index is 0.0781. The van der Waals surface area contributed by atoms with Crippen molar-refractivity contribution in [2.45, 2.75) is 303 Å². The summed E-state index contributed by atoms with van der Waals surface area (Å²) < 4.78 is 16.8. The van der Waals surface area contributed by atoms with Gasteiger partial charge in [-0.1, -0.05) is 261 Å². The molecular formula is C64H112O6. The third-order valence-electron chi connectivity index (χ3n) is 12.9. The van der Waals surface area contributed by atoms with Gasteiger partial charge in [0.15, 0.2) is 6.10 Å². The molecule has 0 heterocycles. The summed E-state index contributed by atoms with van der Waals surface area (Å²) in [7, 11) is 0. The summed E-state index contributed by atoms with van der Waals surface area (Å²) in [6.07, 6.45) is 74.9. The first-order valence-electron chi connectivity index (χ1n) is 29.9. The van der Waals surface area contributed by atoms with Crippen molar-refractivity contribution >= 4 is 17.9 Å². The SMILES string of the molecule is CC/C=C\C/C=C\C/C=C\CCCCCCCCCC(=O)OC(COC(=O)CCCCCCCCCC)COC(=O)CCCCCCCCCCCCCC/C=C\C/C=C\C/C=C\CCCCCCC. The highest BCUT2D eigenvalue weighted by Gasteiger charge is 2.19. The normalized spacial score (nSPS) is 12.6. The Morgan fingerprint density at radius 2 is 0.557 bits per heavy atom. The Balaban J connectivity index is 4.17. The van der Waals surface area contributed by atoms with Crippen LogP contribution in [0, 0.1) is 0 Å². The molecule has 0 aromatic rings. The van der Waals surface area contributed by atoms with E-state index in [9.17, 15) is 14.4 Å². The maximum atomic E-state index is 12.8. The first-order chi connectivity index (χ1) is 34.5. The van der Waals surface area contributed by atoms with Gasteiger partial charge in [0.1, 0.15) is 13.2 Å². The van der Waals surface area contributed by atoms with Crippen LogP contribution in [0.25, 0.3) is 0 Å². The fourth-order valence-corrected chi connectivity index (χ4v) is 8.47. The molecule has 0 saturated heterocycles. The van der Waals surface area contributed by atoms with Gasteiger partial charge in [0.05, 0.1) is 0 Å². The van der Waals surface area contributed by atoms with Gasteiger partial charge in [-0.05, 0) is 89.9 Å². The monoisotopic (exact) mass is 977 g/mol. The Hall–Kier alpha value is -3.15. The van der Waals surface area contributed by atoms with Crippen molar-refractivity contribution in [1.29, 1.82) is 0 Å². The topological polar surface area (TPSA) is 78.9 Å². The molecule has 0 fully saturated rings. The second-order valence-electron chi connectivity index (χ2n) is 19.9. The fraction of sp³-hybridized carbons (Fsp3) is 0.766. The van der Waals surface area contributed by atoms with Crippen LogP contribution in [0.2, 0.25) is 0 Å². The predicted molar refractivity (Wildman–Crippen MR) is 302 cm³/mol. The van der Waals surface area contributed by atoms with Crippen molar-refractivity contribution in [1.82, 2.24) is 0 Å². The Morgan fingerprint density at radius 1 is 0.300 bits per heavy atom. The highest BCUT2D eigenvalue weighted by atomic mass is 16.6. The zero-order valence-corrected chi connectivity index (χ0v) is 46.3. The van der Waals surface area contributed by atoms with E-state index in [4.69, 9.17) is 14.2 Å². The minimum atomic E-state index is -0.779. The van der Waals surface area contributed by atoms with Crippen LogP contribution in [0.3, 0.4) is 0 Å². The van der Waals surface area contributed by atoms with Crippen LogP contribution in [-0.4, -0.2) is 37.2 Å². The van der Waals surface area contributed by atoms with E-state index in [2.05, 4.69) is 93.7 Å². The summed E-state index contributed by atoms with van der Waals surface area (Å²) in [5, 5.41) is 0. The number of hydrogen-bond acceptors (Lipinski definition) is 6. The number of carbonyl (C=O) groups is 3. The van der Waals surface area contributed by atoms with E-state index < -0.39 is 6.10 Å². The zero-order chi connectivity index (χ0) is 50.7. The number of carbonyl (C=O) groups excluding carboxylic acids is 3. The lowest BCUT2D eigenvalue weighted by Gasteiger charge is -2.18. The summed E-state index contributed by atoms with van der Waals surface area (Å²) in [5.74, 6) is -0.886. The van der Waals surface area contributed by atoms with Crippen molar-refractivity contribution in [3.63, 3.8) is 0 Å². The molecule has 6 nitrogen and oxygen atoms in total. The van der Waals surface area contributed by atoms with Gasteiger partial charge < -0.3 is 14.2 Å². The largest absolute Gasteiger partial charge is 0.462 e.